The van der Waals surface area contributed by atoms with Crippen LogP contribution in [0.1, 0.15) is 27.7 Å². The predicted octanol–water partition coefficient (Wildman–Crippen LogP) is 7.75. The van der Waals surface area contributed by atoms with Crippen LogP contribution in [0.4, 0.5) is 80.9 Å². The normalized spacial score (nSPS) is 16.0. The molecule has 0 bridgehead atoms. The van der Waals surface area contributed by atoms with Gasteiger partial charge >= 0.3 is 11.6 Å². The van der Waals surface area contributed by atoms with E-state index in [1.807, 2.05) is 54.5 Å². The molecule has 0 amide bonds. The molecule has 6 aliphatic rings. The van der Waals surface area contributed by atoms with E-state index < -0.39 is 72.2 Å². The van der Waals surface area contributed by atoms with E-state index in [4.69, 9.17) is 26.8 Å². The van der Waals surface area contributed by atoms with Crippen LogP contribution in [0.25, 0.3) is 22.5 Å². The number of fused-ring (bicyclic) bond motifs is 2. The van der Waals surface area contributed by atoms with Gasteiger partial charge in [0.1, 0.15) is 36.2 Å². The van der Waals surface area contributed by atoms with Gasteiger partial charge in [-0.05, 0) is 120 Å². The molecule has 0 spiro atoms. The average molecular weight is 1770 g/mol. The number of pyridine rings is 4. The summed E-state index contributed by atoms with van der Waals surface area (Å²) in [4.78, 5) is 63.9. The molecule has 14 rings (SSSR count). The summed E-state index contributed by atoms with van der Waals surface area (Å²) in [5.41, 5.74) is 10.7. The smallest absolute Gasteiger partial charge is 0.363 e. The second-order valence-corrected chi connectivity index (χ2v) is 36.5. The topological polar surface area (TPSA) is 424 Å². The van der Waals surface area contributed by atoms with Crippen LogP contribution in [0.2, 0.25) is 5.28 Å². The maximum atomic E-state index is 14.9. The SMILES string of the molecule is CC(C)N1CCOc2c(F)cc(-c3nc(Cl)ncc3F)cc21.CC(C)N1CCOc2c(F)cc(-c3nc(Nc4ccc(N5CCN(S(C)(=O)=O)CC5)cn4)ncc3F)cc21.CS(=O)(=O)Cl.CS(=O)(=O)N1CCN(c2ccc(N)nc2)CC1.CS(=O)(=O)N1CCN(c2ccc([N+](=O)[O-])nc2)CC1.Cl.O=[N+]([O-])c1ccc(N2CCNCC2)cn1. The number of benzene rings is 2. The van der Waals surface area contributed by atoms with E-state index in [1.165, 1.54) is 62.1 Å². The van der Waals surface area contributed by atoms with Gasteiger partial charge in [-0.2, -0.15) is 12.9 Å². The zero-order chi connectivity index (χ0) is 84.6. The third-order valence-corrected chi connectivity index (χ3v) is 22.5. The Bertz CT molecular complexity index is 5190. The molecule has 636 valence electrons. The molecule has 4 N–H and O–H groups in total. The molecule has 6 aromatic heterocycles. The standard InChI is InChI=1S/C25H29F2N7O3S.C15H14ClF2N3O.C10H14N4O4S.C10H16N4O2S.C9H12N4O2.CH3ClO2S.ClH/c1-16(2)34-10-11-37-24-19(26)12-17(13-21(24)34)23-20(27)15-29-25(31-23)30-22-5-4-18(14-28-22)32-6-8-33(9-7-32)38(3,35)36;1-8(2)21-3-4-22-14-10(17)5-9(6-12(14)21)13-11(18)7-19-15(16)20-13;1-19(17,18)13-6-4-12(5-7-13)9-2-3-10(11-8-9)14(15)16;1-17(15,16)14-6-4-13(5-7-14)9-2-3-10(11)12-8-9;14-13(15)9-2-1-8(7-11-9)12-5-3-10-4-6-12;1-5(2,3)4;/h4-5,12-16H,6-11H2,1-3H3,(H,28,29,30,31);5-8H,3-4H2,1-2H3;2-3,8H,4-7H2,1H3;2-3,8H,4-7H2,1H3,(H2,11,12);1-2,7,10H,3-6H2;1H3;1H. The summed E-state index contributed by atoms with van der Waals surface area (Å²) in [5, 5.41) is 27.0. The Balaban J connectivity index is 0.000000188. The molecule has 8 aromatic rings. The molecule has 0 atom stereocenters. The number of nitrogen functional groups attached to an aromatic ring is 1. The fourth-order valence-electron chi connectivity index (χ4n) is 12.6. The van der Waals surface area contributed by atoms with Gasteiger partial charge in [0.25, 0.3) is 0 Å². The van der Waals surface area contributed by atoms with E-state index in [9.17, 15) is 71.5 Å². The highest BCUT2D eigenvalue weighted by Gasteiger charge is 2.31. The molecule has 4 fully saturated rings. The second kappa shape index (κ2) is 41.1. The van der Waals surface area contributed by atoms with Crippen LogP contribution >= 0.6 is 34.7 Å². The first-order chi connectivity index (χ1) is 54.7. The first-order valence-electron chi connectivity index (χ1n) is 36.0. The molecule has 0 radical (unpaired) electrons. The van der Waals surface area contributed by atoms with Crippen LogP contribution < -0.4 is 55.2 Å². The lowest BCUT2D eigenvalue weighted by Crippen LogP contribution is -2.48. The zero-order valence-corrected chi connectivity index (χ0v) is 70.4. The summed E-state index contributed by atoms with van der Waals surface area (Å²) in [6, 6.07) is 19.4. The number of sulfonamides is 3. The maximum absolute atomic E-state index is 14.9. The van der Waals surface area contributed by atoms with E-state index in [-0.39, 0.29) is 75.8 Å². The van der Waals surface area contributed by atoms with E-state index in [2.05, 4.69) is 75.9 Å². The Labute approximate surface area is 690 Å². The van der Waals surface area contributed by atoms with Gasteiger partial charge in [-0.15, -0.1) is 12.4 Å². The Kier molecular flexibility index (Phi) is 32.6. The number of hydrogen-bond acceptors (Lipinski definition) is 31. The lowest BCUT2D eigenvalue weighted by atomic mass is 10.1. The highest BCUT2D eigenvalue weighted by Crippen LogP contribution is 2.41. The molecule has 2 aromatic carbocycles. The van der Waals surface area contributed by atoms with Gasteiger partial charge in [-0.3, -0.25) is 0 Å². The number of halogens is 7. The minimum atomic E-state index is -3.20. The third kappa shape index (κ3) is 26.6. The van der Waals surface area contributed by atoms with Crippen molar-refractivity contribution in [3.8, 4) is 34.0 Å². The van der Waals surface area contributed by atoms with Crippen molar-refractivity contribution in [1.29, 1.82) is 0 Å². The summed E-state index contributed by atoms with van der Waals surface area (Å²) in [7, 11) is -8.11. The molecule has 47 heteroatoms. The fraction of sp³-hybridized carbons (Fsp3) is 0.429. The highest BCUT2D eigenvalue weighted by molar-refractivity contribution is 8.13. The lowest BCUT2D eigenvalue weighted by Gasteiger charge is -2.34. The number of ether oxygens (including phenoxy) is 2. The van der Waals surface area contributed by atoms with Crippen LogP contribution in [-0.2, 0) is 39.1 Å². The average Bonchev–Trinajstić information content (AvgIpc) is 0.778. The molecule has 6 aliphatic heterocycles. The first kappa shape index (κ1) is 92.7. The Hall–Kier alpha value is -9.77. The molecule has 4 saturated heterocycles. The van der Waals surface area contributed by atoms with Gasteiger partial charge in [0.05, 0.1) is 97.0 Å². The minimum Gasteiger partial charge on any atom is -0.486 e. The van der Waals surface area contributed by atoms with Crippen LogP contribution in [0.5, 0.6) is 11.5 Å². The van der Waals surface area contributed by atoms with Gasteiger partial charge in [0.2, 0.25) is 50.4 Å². The fourth-order valence-corrected chi connectivity index (χ4v) is 15.2. The van der Waals surface area contributed by atoms with Crippen molar-refractivity contribution in [1.82, 2.24) is 58.1 Å². The Morgan fingerprint density at radius 3 is 1.18 bits per heavy atom. The van der Waals surface area contributed by atoms with Gasteiger partial charge in [0, 0.05) is 151 Å². The summed E-state index contributed by atoms with van der Waals surface area (Å²) in [6.07, 6.45) is 13.0. The van der Waals surface area contributed by atoms with E-state index >= 15 is 0 Å². The van der Waals surface area contributed by atoms with Gasteiger partial charge in [-0.1, -0.05) is 0 Å². The predicted molar refractivity (Wildman–Crippen MR) is 443 cm³/mol. The van der Waals surface area contributed by atoms with Crippen LogP contribution in [0.15, 0.2) is 110 Å². The van der Waals surface area contributed by atoms with Crippen molar-refractivity contribution in [3.05, 3.63) is 159 Å². The number of piperazine rings is 4. The van der Waals surface area contributed by atoms with Crippen molar-refractivity contribution in [2.24, 2.45) is 0 Å². The molecule has 0 unspecified atom stereocenters. The third-order valence-electron chi connectivity index (χ3n) is 18.4. The quantitative estimate of drug-likeness (QED) is 0.0290. The largest absolute Gasteiger partial charge is 0.486 e. The van der Waals surface area contributed by atoms with Gasteiger partial charge in [0.15, 0.2) is 47.2 Å². The second-order valence-electron chi connectivity index (χ2n) is 27.2. The van der Waals surface area contributed by atoms with E-state index in [0.29, 0.717) is 133 Å². The summed E-state index contributed by atoms with van der Waals surface area (Å²) in [5.74, 6) is -1.38. The van der Waals surface area contributed by atoms with E-state index in [1.54, 1.807) is 55.0 Å². The molecular formula is C70H89Cl3F4N22O14S4. The van der Waals surface area contributed by atoms with Crippen molar-refractivity contribution in [2.75, 3.05) is 196 Å². The number of aromatic nitrogens is 8. The van der Waals surface area contributed by atoms with Crippen LogP contribution in [0.3, 0.4) is 0 Å². The number of nitrogens with two attached hydrogens (primary N) is 1. The summed E-state index contributed by atoms with van der Waals surface area (Å²) in [6.45, 7) is 20.0. The van der Waals surface area contributed by atoms with Gasteiger partial charge < -0.3 is 75.5 Å². The first-order valence-corrected chi connectivity index (χ1v) is 44.6. The van der Waals surface area contributed by atoms with Crippen molar-refractivity contribution in [2.45, 2.75) is 39.8 Å². The highest BCUT2D eigenvalue weighted by atomic mass is 35.7. The van der Waals surface area contributed by atoms with Crippen LogP contribution in [0, 0.1) is 43.5 Å². The van der Waals surface area contributed by atoms with Crippen molar-refractivity contribution >= 4 is 137 Å². The molecule has 12 heterocycles. The zero-order valence-electron chi connectivity index (χ0n) is 64.8. The Morgan fingerprint density at radius 1 is 0.479 bits per heavy atom. The number of nitrogens with one attached hydrogen (secondary N) is 2. The maximum Gasteiger partial charge on any atom is 0.363 e. The van der Waals surface area contributed by atoms with Crippen molar-refractivity contribution in [3.63, 3.8) is 0 Å². The number of hydrogen-bond donors (Lipinski definition) is 3. The lowest BCUT2D eigenvalue weighted by molar-refractivity contribution is -0.389. The number of nitro groups is 2. The van der Waals surface area contributed by atoms with Crippen LogP contribution in [-0.4, -0.2) is 264 Å². The molecule has 36 nitrogen and oxygen atoms in total. The van der Waals surface area contributed by atoms with E-state index in [0.717, 1.165) is 67.6 Å². The van der Waals surface area contributed by atoms with Crippen molar-refractivity contribution < 1.29 is 70.6 Å². The monoisotopic (exact) mass is 1770 g/mol. The number of nitrogens with zero attached hydrogens (tertiary/aromatic N) is 19. The molecule has 117 heavy (non-hydrogen) atoms. The Morgan fingerprint density at radius 2 is 0.838 bits per heavy atom. The number of rotatable bonds is 15. The van der Waals surface area contributed by atoms with Gasteiger partial charge in [-0.25, -0.2) is 81.1 Å². The molecule has 0 aliphatic carbocycles. The number of anilines is 9. The summed E-state index contributed by atoms with van der Waals surface area (Å²) >= 11 is 5.71. The molecular weight excluding hydrogens is 1680 g/mol. The minimum absolute atomic E-state index is 0. The summed E-state index contributed by atoms with van der Waals surface area (Å²) < 4.78 is 161. The molecule has 0 saturated carbocycles.